The number of hydrogen-bond acceptors (Lipinski definition) is 5. The Morgan fingerprint density at radius 2 is 2.00 bits per heavy atom. The summed E-state index contributed by atoms with van der Waals surface area (Å²) in [5.74, 6) is 1.55. The highest BCUT2D eigenvalue weighted by atomic mass is 15.2. The molecule has 0 spiro atoms. The number of nitrogens with one attached hydrogen (secondary N) is 2. The Bertz CT molecular complexity index is 353. The molecule has 0 saturated heterocycles. The molecular formula is C13H25N5. The molecule has 0 aliphatic carbocycles. The highest BCUT2D eigenvalue weighted by Gasteiger charge is 2.02. The normalized spacial score (nSPS) is 10.7. The molecule has 1 aromatic heterocycles. The molecule has 0 saturated carbocycles. The van der Waals surface area contributed by atoms with Crippen molar-refractivity contribution in [3.63, 3.8) is 0 Å². The zero-order chi connectivity index (χ0) is 13.4. The lowest BCUT2D eigenvalue weighted by Crippen LogP contribution is -2.29. The van der Waals surface area contributed by atoms with Gasteiger partial charge >= 0.3 is 0 Å². The number of aryl methyl sites for hydroxylation is 1. The Balaban J connectivity index is 2.45. The van der Waals surface area contributed by atoms with Crippen LogP contribution in [0.25, 0.3) is 0 Å². The van der Waals surface area contributed by atoms with Gasteiger partial charge in [0.25, 0.3) is 0 Å². The van der Waals surface area contributed by atoms with Crippen molar-refractivity contribution < 1.29 is 0 Å². The monoisotopic (exact) mass is 251 g/mol. The summed E-state index contributed by atoms with van der Waals surface area (Å²) in [6, 6.07) is 1.97. The molecule has 0 amide bonds. The Morgan fingerprint density at radius 1 is 1.22 bits per heavy atom. The van der Waals surface area contributed by atoms with Crippen LogP contribution in [-0.4, -0.2) is 48.1 Å². The second-order valence-electron chi connectivity index (χ2n) is 4.33. The van der Waals surface area contributed by atoms with E-state index in [-0.39, 0.29) is 0 Å². The lowest BCUT2D eigenvalue weighted by atomic mass is 10.4. The largest absolute Gasteiger partial charge is 0.369 e. The topological polar surface area (TPSA) is 53.1 Å². The lowest BCUT2D eigenvalue weighted by molar-refractivity contribution is 0.300. The molecular weight excluding hydrogens is 226 g/mol. The minimum atomic E-state index is 0.665. The van der Waals surface area contributed by atoms with Crippen LogP contribution in [0.15, 0.2) is 6.07 Å². The molecule has 0 bridgehead atoms. The molecule has 18 heavy (non-hydrogen) atoms. The summed E-state index contributed by atoms with van der Waals surface area (Å²) < 4.78 is 0. The van der Waals surface area contributed by atoms with Gasteiger partial charge in [-0.15, -0.1) is 0 Å². The number of rotatable bonds is 8. The van der Waals surface area contributed by atoms with Gasteiger partial charge in [0.2, 0.25) is 5.95 Å². The summed E-state index contributed by atoms with van der Waals surface area (Å²) in [5, 5.41) is 6.32. The Kier molecular flexibility index (Phi) is 6.43. The van der Waals surface area contributed by atoms with Gasteiger partial charge in [0.05, 0.1) is 0 Å². The molecule has 0 aromatic carbocycles. The van der Waals surface area contributed by atoms with Crippen LogP contribution in [-0.2, 0) is 0 Å². The van der Waals surface area contributed by atoms with E-state index in [9.17, 15) is 0 Å². The molecule has 0 atom stereocenters. The van der Waals surface area contributed by atoms with Gasteiger partial charge in [-0.05, 0) is 26.4 Å². The second-order valence-corrected chi connectivity index (χ2v) is 4.33. The van der Waals surface area contributed by atoms with Crippen molar-refractivity contribution in [1.29, 1.82) is 0 Å². The minimum Gasteiger partial charge on any atom is -0.369 e. The average Bonchev–Trinajstić information content (AvgIpc) is 2.37. The van der Waals surface area contributed by atoms with Crippen LogP contribution in [0.5, 0.6) is 0 Å². The summed E-state index contributed by atoms with van der Waals surface area (Å²) in [6.45, 7) is 10.6. The highest BCUT2D eigenvalue weighted by Crippen LogP contribution is 2.08. The van der Waals surface area contributed by atoms with Crippen LogP contribution in [0.2, 0.25) is 0 Å². The maximum atomic E-state index is 4.37. The second kappa shape index (κ2) is 7.87. The fourth-order valence-electron chi connectivity index (χ4n) is 1.86. The third-order valence-electron chi connectivity index (χ3n) is 2.80. The minimum absolute atomic E-state index is 0.665. The highest BCUT2D eigenvalue weighted by molar-refractivity contribution is 5.41. The van der Waals surface area contributed by atoms with E-state index in [2.05, 4.69) is 39.3 Å². The van der Waals surface area contributed by atoms with E-state index >= 15 is 0 Å². The first kappa shape index (κ1) is 14.7. The predicted molar refractivity (Wildman–Crippen MR) is 77.2 cm³/mol. The van der Waals surface area contributed by atoms with Crippen LogP contribution >= 0.6 is 0 Å². The maximum absolute atomic E-state index is 4.37. The standard InChI is InChI=1S/C13H25N5/c1-5-8-18(6-2)9-7-15-12-10-11(3)16-13(14-4)17-12/h10H,5-9H2,1-4H3,(H2,14,15,16,17). The molecule has 102 valence electrons. The van der Waals surface area contributed by atoms with Crippen LogP contribution in [0, 0.1) is 6.92 Å². The smallest absolute Gasteiger partial charge is 0.224 e. The maximum Gasteiger partial charge on any atom is 0.224 e. The van der Waals surface area contributed by atoms with E-state index in [0.29, 0.717) is 5.95 Å². The van der Waals surface area contributed by atoms with Crippen molar-refractivity contribution in [3.8, 4) is 0 Å². The molecule has 0 unspecified atom stereocenters. The van der Waals surface area contributed by atoms with E-state index < -0.39 is 0 Å². The fraction of sp³-hybridized carbons (Fsp3) is 0.692. The van der Waals surface area contributed by atoms with Gasteiger partial charge in [0.1, 0.15) is 5.82 Å². The van der Waals surface area contributed by atoms with Crippen LogP contribution in [0.3, 0.4) is 0 Å². The van der Waals surface area contributed by atoms with Gasteiger partial charge in [-0.25, -0.2) is 4.98 Å². The van der Waals surface area contributed by atoms with Crippen molar-refractivity contribution in [2.75, 3.05) is 43.9 Å². The van der Waals surface area contributed by atoms with Crippen molar-refractivity contribution in [2.24, 2.45) is 0 Å². The first-order valence-corrected chi connectivity index (χ1v) is 6.69. The van der Waals surface area contributed by atoms with Gasteiger partial charge < -0.3 is 15.5 Å². The van der Waals surface area contributed by atoms with Gasteiger partial charge in [-0.1, -0.05) is 13.8 Å². The Labute approximate surface area is 110 Å². The van der Waals surface area contributed by atoms with Gasteiger partial charge in [-0.3, -0.25) is 0 Å². The molecule has 1 aromatic rings. The number of aromatic nitrogens is 2. The predicted octanol–water partition coefficient (Wildman–Crippen LogP) is 1.97. The SMILES string of the molecule is CCCN(CC)CCNc1cc(C)nc(NC)n1. The summed E-state index contributed by atoms with van der Waals surface area (Å²) in [5.41, 5.74) is 0.970. The van der Waals surface area contributed by atoms with Crippen molar-refractivity contribution >= 4 is 11.8 Å². The number of nitrogens with zero attached hydrogens (tertiary/aromatic N) is 3. The molecule has 0 radical (unpaired) electrons. The van der Waals surface area contributed by atoms with Crippen molar-refractivity contribution in [1.82, 2.24) is 14.9 Å². The molecule has 5 heteroatoms. The van der Waals surface area contributed by atoms with E-state index in [1.54, 1.807) is 0 Å². The van der Waals surface area contributed by atoms with Crippen molar-refractivity contribution in [3.05, 3.63) is 11.8 Å². The fourth-order valence-corrected chi connectivity index (χ4v) is 1.86. The number of anilines is 2. The van der Waals surface area contributed by atoms with E-state index in [1.165, 1.54) is 6.42 Å². The lowest BCUT2D eigenvalue weighted by Gasteiger charge is -2.19. The van der Waals surface area contributed by atoms with E-state index in [1.807, 2.05) is 20.0 Å². The van der Waals surface area contributed by atoms with Crippen LogP contribution in [0.4, 0.5) is 11.8 Å². The quantitative estimate of drug-likeness (QED) is 0.740. The molecule has 2 N–H and O–H groups in total. The zero-order valence-electron chi connectivity index (χ0n) is 12.0. The van der Waals surface area contributed by atoms with Gasteiger partial charge in [0.15, 0.2) is 0 Å². The summed E-state index contributed by atoms with van der Waals surface area (Å²) in [7, 11) is 1.83. The zero-order valence-corrected chi connectivity index (χ0v) is 12.0. The first-order valence-electron chi connectivity index (χ1n) is 6.69. The van der Waals surface area contributed by atoms with Gasteiger partial charge in [0, 0.05) is 31.9 Å². The molecule has 1 rings (SSSR count). The summed E-state index contributed by atoms with van der Waals surface area (Å²) >= 11 is 0. The molecule has 1 heterocycles. The van der Waals surface area contributed by atoms with Crippen molar-refractivity contribution in [2.45, 2.75) is 27.2 Å². The van der Waals surface area contributed by atoms with E-state index in [4.69, 9.17) is 0 Å². The summed E-state index contributed by atoms with van der Waals surface area (Å²) in [6.07, 6.45) is 1.20. The third-order valence-corrected chi connectivity index (χ3v) is 2.80. The molecule has 5 nitrogen and oxygen atoms in total. The number of hydrogen-bond donors (Lipinski definition) is 2. The van der Waals surface area contributed by atoms with Crippen LogP contribution < -0.4 is 10.6 Å². The molecule has 0 fully saturated rings. The van der Waals surface area contributed by atoms with Gasteiger partial charge in [-0.2, -0.15) is 4.98 Å². The Morgan fingerprint density at radius 3 is 2.61 bits per heavy atom. The third kappa shape index (κ3) is 4.87. The Hall–Kier alpha value is -1.36. The first-order chi connectivity index (χ1) is 8.69. The number of likely N-dealkylation sites (N-methyl/N-ethyl adjacent to an activating group) is 1. The van der Waals surface area contributed by atoms with Crippen LogP contribution in [0.1, 0.15) is 26.0 Å². The average molecular weight is 251 g/mol. The van der Waals surface area contributed by atoms with E-state index in [0.717, 1.165) is 37.7 Å². The summed E-state index contributed by atoms with van der Waals surface area (Å²) in [4.78, 5) is 11.1. The molecule has 0 aliphatic rings. The molecule has 0 aliphatic heterocycles.